The largest absolute Gasteiger partial charge is 0.318 e. The molecule has 1 aromatic carbocycles. The van der Waals surface area contributed by atoms with E-state index in [2.05, 4.69) is 51.1 Å². The Hall–Kier alpha value is -0.820. The fourth-order valence-corrected chi connectivity index (χ4v) is 3.83. The second-order valence-electron chi connectivity index (χ2n) is 6.41. The highest BCUT2D eigenvalue weighted by molar-refractivity contribution is 5.13. The van der Waals surface area contributed by atoms with Crippen LogP contribution in [0, 0.1) is 5.92 Å². The molecule has 0 amide bonds. The molecule has 0 N–H and O–H groups in total. The first-order valence-corrected chi connectivity index (χ1v) is 8.10. The summed E-state index contributed by atoms with van der Waals surface area (Å²) < 4.78 is 1.29. The highest BCUT2D eigenvalue weighted by Crippen LogP contribution is 2.33. The van der Waals surface area contributed by atoms with Gasteiger partial charge in [-0.15, -0.1) is 0 Å². The molecule has 0 aromatic heterocycles. The van der Waals surface area contributed by atoms with Crippen LogP contribution in [-0.2, 0) is 6.54 Å². The number of rotatable bonds is 5. The zero-order valence-electron chi connectivity index (χ0n) is 12.9. The van der Waals surface area contributed by atoms with E-state index in [9.17, 15) is 0 Å². The third-order valence-electron chi connectivity index (χ3n) is 5.36. The van der Waals surface area contributed by atoms with E-state index in [1.54, 1.807) is 0 Å². The second kappa shape index (κ2) is 6.56. The lowest BCUT2D eigenvalue weighted by Gasteiger charge is -2.46. The predicted molar refractivity (Wildman–Crippen MR) is 82.9 cm³/mol. The average Bonchev–Trinajstić information content (AvgIpc) is 2.47. The second-order valence-corrected chi connectivity index (χ2v) is 6.41. The van der Waals surface area contributed by atoms with Crippen molar-refractivity contribution in [3.05, 3.63) is 35.9 Å². The summed E-state index contributed by atoms with van der Waals surface area (Å²) in [5.74, 6) is 0.948. The van der Waals surface area contributed by atoms with Gasteiger partial charge in [-0.1, -0.05) is 37.3 Å². The molecule has 1 saturated carbocycles. The maximum Gasteiger partial charge on any atom is 0.105 e. The van der Waals surface area contributed by atoms with Crippen LogP contribution in [0.3, 0.4) is 0 Å². The molecule has 1 nitrogen and oxygen atoms in total. The van der Waals surface area contributed by atoms with Gasteiger partial charge in [0.25, 0.3) is 0 Å². The summed E-state index contributed by atoms with van der Waals surface area (Å²) in [5.41, 5.74) is 1.50. The number of benzene rings is 1. The number of nitrogens with zero attached hydrogens (tertiary/aromatic N) is 1. The summed E-state index contributed by atoms with van der Waals surface area (Å²) in [4.78, 5) is 0. The smallest absolute Gasteiger partial charge is 0.105 e. The molecule has 19 heavy (non-hydrogen) atoms. The van der Waals surface area contributed by atoms with Gasteiger partial charge in [-0.05, 0) is 45.4 Å². The van der Waals surface area contributed by atoms with Crippen molar-refractivity contribution in [2.24, 2.45) is 5.92 Å². The Morgan fingerprint density at radius 1 is 0.947 bits per heavy atom. The third kappa shape index (κ3) is 3.39. The molecule has 0 atom stereocenters. The van der Waals surface area contributed by atoms with E-state index >= 15 is 0 Å². The van der Waals surface area contributed by atoms with Crippen LogP contribution in [0.5, 0.6) is 0 Å². The summed E-state index contributed by atoms with van der Waals surface area (Å²) >= 11 is 0. The van der Waals surface area contributed by atoms with Crippen LogP contribution < -0.4 is 0 Å². The maximum atomic E-state index is 2.42. The Kier molecular flexibility index (Phi) is 5.04. The molecule has 106 valence electrons. The van der Waals surface area contributed by atoms with Crippen LogP contribution in [0.25, 0.3) is 0 Å². The van der Waals surface area contributed by atoms with Crippen molar-refractivity contribution in [1.82, 2.24) is 0 Å². The Balaban J connectivity index is 2.13. The summed E-state index contributed by atoms with van der Waals surface area (Å²) in [6.45, 7) is 10.9. The molecule has 0 bridgehead atoms. The quantitative estimate of drug-likeness (QED) is 0.678. The first-order chi connectivity index (χ1) is 9.20. The molecule has 1 aliphatic rings. The molecular weight excluding hydrogens is 230 g/mol. The number of hydrogen-bond donors (Lipinski definition) is 0. The van der Waals surface area contributed by atoms with Gasteiger partial charge in [0.1, 0.15) is 6.54 Å². The van der Waals surface area contributed by atoms with Crippen LogP contribution >= 0.6 is 0 Å². The van der Waals surface area contributed by atoms with E-state index in [1.165, 1.54) is 55.4 Å². The van der Waals surface area contributed by atoms with Crippen LogP contribution in [0.2, 0.25) is 0 Å². The lowest BCUT2D eigenvalue weighted by atomic mass is 9.85. The first kappa shape index (κ1) is 14.6. The molecule has 1 aliphatic carbocycles. The van der Waals surface area contributed by atoms with Gasteiger partial charge in [0.2, 0.25) is 0 Å². The minimum atomic E-state index is 0.881. The minimum Gasteiger partial charge on any atom is -0.318 e. The first-order valence-electron chi connectivity index (χ1n) is 8.10. The molecule has 0 unspecified atom stereocenters. The van der Waals surface area contributed by atoms with Crippen molar-refractivity contribution in [1.29, 1.82) is 0 Å². The maximum absolute atomic E-state index is 2.42. The Bertz CT molecular complexity index is 359. The molecule has 0 heterocycles. The van der Waals surface area contributed by atoms with Crippen LogP contribution in [-0.4, -0.2) is 23.6 Å². The van der Waals surface area contributed by atoms with Crippen molar-refractivity contribution in [2.75, 3.05) is 13.1 Å². The van der Waals surface area contributed by atoms with Crippen molar-refractivity contribution >= 4 is 0 Å². The van der Waals surface area contributed by atoms with E-state index < -0.39 is 0 Å². The van der Waals surface area contributed by atoms with Gasteiger partial charge in [0.05, 0.1) is 19.1 Å². The minimum absolute atomic E-state index is 0.881. The Morgan fingerprint density at radius 2 is 1.53 bits per heavy atom. The van der Waals surface area contributed by atoms with Crippen LogP contribution in [0.15, 0.2) is 30.3 Å². The molecule has 1 fully saturated rings. The van der Waals surface area contributed by atoms with Gasteiger partial charge in [-0.3, -0.25) is 0 Å². The molecule has 0 spiro atoms. The van der Waals surface area contributed by atoms with Crippen LogP contribution in [0.1, 0.15) is 52.0 Å². The van der Waals surface area contributed by atoms with E-state index in [1.807, 2.05) is 0 Å². The van der Waals surface area contributed by atoms with Gasteiger partial charge in [0.15, 0.2) is 0 Å². The zero-order chi connectivity index (χ0) is 13.7. The summed E-state index contributed by atoms with van der Waals surface area (Å²) in [5, 5.41) is 0. The van der Waals surface area contributed by atoms with Gasteiger partial charge >= 0.3 is 0 Å². The highest BCUT2D eigenvalue weighted by atomic mass is 15.4. The van der Waals surface area contributed by atoms with E-state index in [-0.39, 0.29) is 0 Å². The number of quaternary nitrogens is 1. The molecule has 2 rings (SSSR count). The predicted octanol–water partition coefficient (Wildman–Crippen LogP) is 4.62. The van der Waals surface area contributed by atoms with Crippen molar-refractivity contribution < 1.29 is 4.48 Å². The summed E-state index contributed by atoms with van der Waals surface area (Å²) in [6.07, 6.45) is 5.71. The van der Waals surface area contributed by atoms with Gasteiger partial charge in [-0.25, -0.2) is 0 Å². The molecular formula is C18H30N+. The van der Waals surface area contributed by atoms with E-state index in [0.29, 0.717) is 0 Å². The van der Waals surface area contributed by atoms with E-state index in [4.69, 9.17) is 0 Å². The van der Waals surface area contributed by atoms with Crippen LogP contribution in [0.4, 0.5) is 0 Å². The average molecular weight is 260 g/mol. The summed E-state index contributed by atoms with van der Waals surface area (Å²) in [6, 6.07) is 12.0. The Labute approximate surface area is 119 Å². The van der Waals surface area contributed by atoms with Crippen molar-refractivity contribution in [3.63, 3.8) is 0 Å². The normalized spacial score (nSPS) is 24.4. The molecule has 1 aromatic rings. The van der Waals surface area contributed by atoms with Gasteiger partial charge in [-0.2, -0.15) is 0 Å². The fourth-order valence-electron chi connectivity index (χ4n) is 3.83. The third-order valence-corrected chi connectivity index (χ3v) is 5.36. The lowest BCUT2D eigenvalue weighted by molar-refractivity contribution is -0.962. The van der Waals surface area contributed by atoms with Crippen molar-refractivity contribution in [2.45, 2.75) is 59.0 Å². The monoisotopic (exact) mass is 260 g/mol. The zero-order valence-corrected chi connectivity index (χ0v) is 12.9. The number of hydrogen-bond acceptors (Lipinski definition) is 0. The topological polar surface area (TPSA) is 0 Å². The molecule has 0 radical (unpaired) electrons. The summed E-state index contributed by atoms with van der Waals surface area (Å²) in [7, 11) is 0. The van der Waals surface area contributed by atoms with E-state index in [0.717, 1.165) is 12.0 Å². The van der Waals surface area contributed by atoms with Gasteiger partial charge in [0, 0.05) is 5.56 Å². The van der Waals surface area contributed by atoms with Gasteiger partial charge < -0.3 is 4.48 Å². The highest BCUT2D eigenvalue weighted by Gasteiger charge is 2.36. The molecule has 1 heteroatoms. The Morgan fingerprint density at radius 3 is 2.05 bits per heavy atom. The SMILES string of the molecule is CC[N+](CC)(Cc1ccccc1)C1CCC(C)CC1. The lowest BCUT2D eigenvalue weighted by Crippen LogP contribution is -2.55. The molecule has 0 saturated heterocycles. The molecule has 0 aliphatic heterocycles. The van der Waals surface area contributed by atoms with Crippen molar-refractivity contribution in [3.8, 4) is 0 Å². The standard InChI is InChI=1S/C18H30N/c1-4-19(5-2,15-17-9-7-6-8-10-17)18-13-11-16(3)12-14-18/h6-10,16,18H,4-5,11-15H2,1-3H3/q+1. The fraction of sp³-hybridized carbons (Fsp3) is 0.667.